The van der Waals surface area contributed by atoms with Gasteiger partial charge in [-0.15, -0.1) is 13.2 Å². The Balaban J connectivity index is 2.21. The van der Waals surface area contributed by atoms with Crippen molar-refractivity contribution < 1.29 is 32.2 Å². The number of benzene rings is 2. The predicted molar refractivity (Wildman–Crippen MR) is 121 cm³/mol. The first kappa shape index (κ1) is 25.2. The molecule has 0 spiro atoms. The van der Waals surface area contributed by atoms with E-state index < -0.39 is 24.0 Å². The number of alkyl halides is 3. The topological polar surface area (TPSA) is 83.6 Å². The minimum Gasteiger partial charge on any atom is -0.469 e. The standard InChI is InChI=1S/C24H22ClF3N2O4/c1-14-21(23(29)32)22(16-6-4-8-18(12-16)34-24(26,27)28)19(9-10-20(31)33-2)30(14)13-15-5-3-7-17(25)11-15/h3-8,11-12H,9-10,13H2,1-2H3,(H2,29,32). The normalized spacial score (nSPS) is 11.4. The summed E-state index contributed by atoms with van der Waals surface area (Å²) in [5.41, 5.74) is 8.34. The zero-order valence-corrected chi connectivity index (χ0v) is 19.2. The molecule has 0 aliphatic rings. The summed E-state index contributed by atoms with van der Waals surface area (Å²) in [4.78, 5) is 24.4. The van der Waals surface area contributed by atoms with Gasteiger partial charge >= 0.3 is 12.3 Å². The summed E-state index contributed by atoms with van der Waals surface area (Å²) in [5, 5.41) is 0.519. The number of amides is 1. The van der Waals surface area contributed by atoms with Crippen LogP contribution >= 0.6 is 11.6 Å². The quantitative estimate of drug-likeness (QED) is 0.432. The lowest BCUT2D eigenvalue weighted by Gasteiger charge is -2.14. The smallest absolute Gasteiger partial charge is 0.469 e. The number of nitrogens with two attached hydrogens (primary N) is 1. The van der Waals surface area contributed by atoms with Crippen molar-refractivity contribution in [2.24, 2.45) is 5.73 Å². The van der Waals surface area contributed by atoms with E-state index in [0.717, 1.165) is 11.6 Å². The number of carbonyl (C=O) groups is 2. The molecule has 1 aromatic heterocycles. The van der Waals surface area contributed by atoms with Gasteiger partial charge in [0.2, 0.25) is 0 Å². The molecule has 10 heteroatoms. The Morgan fingerprint density at radius 2 is 1.82 bits per heavy atom. The highest BCUT2D eigenvalue weighted by Gasteiger charge is 2.32. The molecule has 0 radical (unpaired) electrons. The molecule has 0 atom stereocenters. The van der Waals surface area contributed by atoms with Gasteiger partial charge in [0, 0.05) is 28.5 Å². The van der Waals surface area contributed by atoms with E-state index in [1.807, 2.05) is 6.07 Å². The first-order valence-corrected chi connectivity index (χ1v) is 10.6. The summed E-state index contributed by atoms with van der Waals surface area (Å²) < 4.78 is 49.0. The van der Waals surface area contributed by atoms with E-state index in [4.69, 9.17) is 22.1 Å². The van der Waals surface area contributed by atoms with Crippen LogP contribution in [0, 0.1) is 6.92 Å². The number of hydrogen-bond acceptors (Lipinski definition) is 4. The molecule has 0 bridgehead atoms. The Kier molecular flexibility index (Phi) is 7.56. The Bertz CT molecular complexity index is 1220. The average molecular weight is 495 g/mol. The van der Waals surface area contributed by atoms with Crippen molar-refractivity contribution in [2.45, 2.75) is 32.7 Å². The predicted octanol–water partition coefficient (Wildman–Crippen LogP) is 5.27. The van der Waals surface area contributed by atoms with E-state index in [9.17, 15) is 22.8 Å². The minimum absolute atomic E-state index is 0.0144. The molecular weight excluding hydrogens is 473 g/mol. The third-order valence-electron chi connectivity index (χ3n) is 5.26. The molecule has 3 rings (SSSR count). The van der Waals surface area contributed by atoms with Gasteiger partial charge in [0.1, 0.15) is 5.75 Å². The molecule has 0 unspecified atom stereocenters. The van der Waals surface area contributed by atoms with E-state index in [1.165, 1.54) is 19.2 Å². The average Bonchev–Trinajstić information content (AvgIpc) is 3.02. The lowest BCUT2D eigenvalue weighted by Crippen LogP contribution is -2.17. The summed E-state index contributed by atoms with van der Waals surface area (Å²) in [6.07, 6.45) is -4.74. The second-order valence-electron chi connectivity index (χ2n) is 7.51. The van der Waals surface area contributed by atoms with Gasteiger partial charge in [0.15, 0.2) is 0 Å². The molecule has 2 N–H and O–H groups in total. The number of halogens is 4. The number of hydrogen-bond donors (Lipinski definition) is 1. The number of esters is 1. The molecule has 0 saturated carbocycles. The number of methoxy groups -OCH3 is 1. The highest BCUT2D eigenvalue weighted by Crippen LogP contribution is 2.36. The number of primary amides is 1. The van der Waals surface area contributed by atoms with E-state index in [0.29, 0.717) is 34.1 Å². The molecule has 6 nitrogen and oxygen atoms in total. The molecule has 180 valence electrons. The van der Waals surface area contributed by atoms with Crippen molar-refractivity contribution in [3.63, 3.8) is 0 Å². The summed E-state index contributed by atoms with van der Waals surface area (Å²) in [7, 11) is 1.26. The Morgan fingerprint density at radius 1 is 1.12 bits per heavy atom. The van der Waals surface area contributed by atoms with E-state index >= 15 is 0 Å². The SMILES string of the molecule is COC(=O)CCc1c(-c2cccc(OC(F)(F)F)c2)c(C(N)=O)c(C)n1Cc1cccc(Cl)c1. The van der Waals surface area contributed by atoms with Crippen LogP contribution in [-0.4, -0.2) is 29.9 Å². The molecule has 0 fully saturated rings. The second kappa shape index (κ2) is 10.2. The molecule has 1 amide bonds. The van der Waals surface area contributed by atoms with Crippen LogP contribution in [0.1, 0.15) is 33.7 Å². The molecular formula is C24H22ClF3N2O4. The zero-order valence-electron chi connectivity index (χ0n) is 18.4. The van der Waals surface area contributed by atoms with Gasteiger partial charge in [0.05, 0.1) is 19.1 Å². The van der Waals surface area contributed by atoms with Crippen molar-refractivity contribution in [1.82, 2.24) is 4.57 Å². The maximum absolute atomic E-state index is 12.8. The molecule has 34 heavy (non-hydrogen) atoms. The van der Waals surface area contributed by atoms with Crippen LogP contribution in [0.3, 0.4) is 0 Å². The zero-order chi connectivity index (χ0) is 25.0. The number of ether oxygens (including phenoxy) is 2. The molecule has 0 saturated heterocycles. The van der Waals surface area contributed by atoms with Crippen LogP contribution in [-0.2, 0) is 22.5 Å². The number of aromatic nitrogens is 1. The fourth-order valence-corrected chi connectivity index (χ4v) is 4.09. The highest BCUT2D eigenvalue weighted by molar-refractivity contribution is 6.30. The van der Waals surface area contributed by atoms with Crippen molar-refractivity contribution in [3.8, 4) is 16.9 Å². The van der Waals surface area contributed by atoms with Crippen LogP contribution in [0.25, 0.3) is 11.1 Å². The molecule has 0 aliphatic heterocycles. The first-order valence-electron chi connectivity index (χ1n) is 10.2. The van der Waals surface area contributed by atoms with Gasteiger partial charge in [-0.2, -0.15) is 0 Å². The molecule has 1 heterocycles. The number of nitrogens with zero attached hydrogens (tertiary/aromatic N) is 1. The first-order chi connectivity index (χ1) is 16.0. The summed E-state index contributed by atoms with van der Waals surface area (Å²) >= 11 is 6.11. The lowest BCUT2D eigenvalue weighted by atomic mass is 9.97. The van der Waals surface area contributed by atoms with Gasteiger partial charge in [-0.3, -0.25) is 9.59 Å². The van der Waals surface area contributed by atoms with Crippen LogP contribution in [0.2, 0.25) is 5.02 Å². The van der Waals surface area contributed by atoms with Gasteiger partial charge < -0.3 is 19.8 Å². The van der Waals surface area contributed by atoms with Crippen LogP contribution in [0.5, 0.6) is 5.75 Å². The fourth-order valence-electron chi connectivity index (χ4n) is 3.87. The van der Waals surface area contributed by atoms with Gasteiger partial charge in [-0.1, -0.05) is 35.9 Å². The van der Waals surface area contributed by atoms with Crippen LogP contribution in [0.15, 0.2) is 48.5 Å². The molecule has 3 aromatic rings. The van der Waals surface area contributed by atoms with Gasteiger partial charge in [0.25, 0.3) is 5.91 Å². The molecule has 0 aliphatic carbocycles. The largest absolute Gasteiger partial charge is 0.573 e. The second-order valence-corrected chi connectivity index (χ2v) is 7.95. The Morgan fingerprint density at radius 3 is 2.44 bits per heavy atom. The summed E-state index contributed by atoms with van der Waals surface area (Å²) in [5.74, 6) is -1.67. The van der Waals surface area contributed by atoms with Crippen LogP contribution < -0.4 is 10.5 Å². The Hall–Kier alpha value is -3.46. The fraction of sp³-hybridized carbons (Fsp3) is 0.250. The van der Waals surface area contributed by atoms with Crippen LogP contribution in [0.4, 0.5) is 13.2 Å². The molecule has 2 aromatic carbocycles. The van der Waals surface area contributed by atoms with Gasteiger partial charge in [-0.05, 0) is 48.7 Å². The maximum atomic E-state index is 12.8. The highest BCUT2D eigenvalue weighted by atomic mass is 35.5. The maximum Gasteiger partial charge on any atom is 0.573 e. The minimum atomic E-state index is -4.88. The lowest BCUT2D eigenvalue weighted by molar-refractivity contribution is -0.274. The van der Waals surface area contributed by atoms with E-state index in [1.54, 1.807) is 35.8 Å². The monoisotopic (exact) mass is 494 g/mol. The van der Waals surface area contributed by atoms with Gasteiger partial charge in [-0.25, -0.2) is 0 Å². The van der Waals surface area contributed by atoms with E-state index in [-0.39, 0.29) is 18.4 Å². The summed E-state index contributed by atoms with van der Waals surface area (Å²) in [6.45, 7) is 1.98. The van der Waals surface area contributed by atoms with Crippen molar-refractivity contribution in [3.05, 3.63) is 76.1 Å². The third-order valence-corrected chi connectivity index (χ3v) is 5.49. The Labute approximate surface area is 199 Å². The van der Waals surface area contributed by atoms with Crippen molar-refractivity contribution >= 4 is 23.5 Å². The van der Waals surface area contributed by atoms with Crippen molar-refractivity contribution in [1.29, 1.82) is 0 Å². The van der Waals surface area contributed by atoms with Crippen molar-refractivity contribution in [2.75, 3.05) is 7.11 Å². The number of carbonyl (C=O) groups excluding carboxylic acids is 2. The number of rotatable bonds is 8. The third kappa shape index (κ3) is 5.91. The van der Waals surface area contributed by atoms with E-state index in [2.05, 4.69) is 4.74 Å². The summed E-state index contributed by atoms with van der Waals surface area (Å²) in [6, 6.07) is 12.4.